The highest BCUT2D eigenvalue weighted by Gasteiger charge is 2.22. The summed E-state index contributed by atoms with van der Waals surface area (Å²) in [5.41, 5.74) is 0.856. The summed E-state index contributed by atoms with van der Waals surface area (Å²) < 4.78 is 26.4. The summed E-state index contributed by atoms with van der Waals surface area (Å²) in [6, 6.07) is 4.38. The minimum absolute atomic E-state index is 0.139. The van der Waals surface area contributed by atoms with E-state index in [1.807, 2.05) is 14.1 Å². The molecule has 0 spiro atoms. The summed E-state index contributed by atoms with van der Waals surface area (Å²) in [4.78, 5) is 2.08. The summed E-state index contributed by atoms with van der Waals surface area (Å²) in [6.45, 7) is 2.11. The van der Waals surface area contributed by atoms with Crippen LogP contribution in [-0.4, -0.2) is 32.1 Å². The van der Waals surface area contributed by atoms with E-state index in [9.17, 15) is 8.78 Å². The van der Waals surface area contributed by atoms with Crippen molar-refractivity contribution in [3.8, 4) is 0 Å². The highest BCUT2D eigenvalue weighted by Crippen LogP contribution is 2.29. The van der Waals surface area contributed by atoms with Gasteiger partial charge in [0.2, 0.25) is 0 Å². The second-order valence-electron chi connectivity index (χ2n) is 5.60. The fraction of sp³-hybridized carbons (Fsp3) is 0.600. The zero-order valence-electron chi connectivity index (χ0n) is 11.6. The Balaban J connectivity index is 2.12. The minimum atomic E-state index is -0.777. The predicted molar refractivity (Wildman–Crippen MR) is 73.0 cm³/mol. The molecule has 2 unspecified atom stereocenters. The Morgan fingerprint density at radius 1 is 1.32 bits per heavy atom. The Labute approximate surface area is 113 Å². The van der Waals surface area contributed by atoms with Crippen LogP contribution in [0.4, 0.5) is 8.78 Å². The molecule has 106 valence electrons. The van der Waals surface area contributed by atoms with E-state index >= 15 is 0 Å². The largest absolute Gasteiger partial charge is 0.316 e. The maximum atomic E-state index is 13.4. The van der Waals surface area contributed by atoms with Crippen LogP contribution in [0.15, 0.2) is 18.2 Å². The van der Waals surface area contributed by atoms with E-state index in [4.69, 9.17) is 0 Å². The van der Waals surface area contributed by atoms with Gasteiger partial charge in [-0.25, -0.2) is 8.78 Å². The molecule has 0 radical (unpaired) electrons. The number of rotatable bonds is 4. The molecule has 1 aromatic rings. The van der Waals surface area contributed by atoms with Crippen LogP contribution in [-0.2, 0) is 0 Å². The molecule has 2 nitrogen and oxygen atoms in total. The summed E-state index contributed by atoms with van der Waals surface area (Å²) in [7, 11) is 3.98. The van der Waals surface area contributed by atoms with Gasteiger partial charge in [0.05, 0.1) is 0 Å². The maximum absolute atomic E-state index is 13.4. The van der Waals surface area contributed by atoms with Crippen molar-refractivity contribution in [2.45, 2.75) is 25.3 Å². The van der Waals surface area contributed by atoms with Crippen molar-refractivity contribution in [2.24, 2.45) is 5.92 Å². The van der Waals surface area contributed by atoms with Gasteiger partial charge in [-0.1, -0.05) is 6.07 Å². The van der Waals surface area contributed by atoms with Gasteiger partial charge >= 0.3 is 0 Å². The van der Waals surface area contributed by atoms with E-state index in [0.717, 1.165) is 25.1 Å². The van der Waals surface area contributed by atoms with Crippen LogP contribution in [0.2, 0.25) is 0 Å². The lowest BCUT2D eigenvalue weighted by molar-refractivity contribution is 0.225. The van der Waals surface area contributed by atoms with Crippen molar-refractivity contribution in [3.63, 3.8) is 0 Å². The van der Waals surface area contributed by atoms with E-state index in [-0.39, 0.29) is 6.04 Å². The summed E-state index contributed by atoms with van der Waals surface area (Å²) in [6.07, 6.45) is 3.38. The van der Waals surface area contributed by atoms with Gasteiger partial charge in [-0.3, -0.25) is 0 Å². The molecule has 0 aliphatic carbocycles. The molecular weight excluding hydrogens is 246 g/mol. The van der Waals surface area contributed by atoms with Crippen LogP contribution in [0.25, 0.3) is 0 Å². The van der Waals surface area contributed by atoms with Gasteiger partial charge in [0.1, 0.15) is 0 Å². The molecule has 0 saturated carbocycles. The average Bonchev–Trinajstić information content (AvgIpc) is 2.40. The number of piperidine rings is 1. The minimum Gasteiger partial charge on any atom is -0.316 e. The third kappa shape index (κ3) is 3.74. The Morgan fingerprint density at radius 3 is 2.68 bits per heavy atom. The number of hydrogen-bond donors (Lipinski definition) is 1. The molecule has 0 bridgehead atoms. The Hall–Kier alpha value is -1.00. The van der Waals surface area contributed by atoms with Crippen molar-refractivity contribution in [1.29, 1.82) is 0 Å². The number of nitrogens with one attached hydrogen (secondary N) is 1. The van der Waals surface area contributed by atoms with Crippen LogP contribution in [0.1, 0.15) is 30.9 Å². The van der Waals surface area contributed by atoms with Gasteiger partial charge < -0.3 is 10.2 Å². The van der Waals surface area contributed by atoms with E-state index < -0.39 is 11.6 Å². The summed E-state index contributed by atoms with van der Waals surface area (Å²) >= 11 is 0. The molecule has 1 aliphatic heterocycles. The van der Waals surface area contributed by atoms with Crippen molar-refractivity contribution in [2.75, 3.05) is 27.2 Å². The summed E-state index contributed by atoms with van der Waals surface area (Å²) in [5.74, 6) is -0.930. The topological polar surface area (TPSA) is 15.3 Å². The fourth-order valence-electron chi connectivity index (χ4n) is 2.81. The van der Waals surface area contributed by atoms with Crippen LogP contribution in [0.3, 0.4) is 0 Å². The lowest BCUT2D eigenvalue weighted by atomic mass is 9.89. The first-order valence-corrected chi connectivity index (χ1v) is 6.90. The van der Waals surface area contributed by atoms with Crippen molar-refractivity contribution >= 4 is 0 Å². The fourth-order valence-corrected chi connectivity index (χ4v) is 2.81. The van der Waals surface area contributed by atoms with Gasteiger partial charge in [0.15, 0.2) is 11.6 Å². The smallest absolute Gasteiger partial charge is 0.159 e. The van der Waals surface area contributed by atoms with Gasteiger partial charge in [-0.15, -0.1) is 0 Å². The first-order valence-electron chi connectivity index (χ1n) is 6.90. The highest BCUT2D eigenvalue weighted by molar-refractivity contribution is 5.21. The molecular formula is C15H22F2N2. The first-order chi connectivity index (χ1) is 9.08. The highest BCUT2D eigenvalue weighted by atomic mass is 19.2. The third-order valence-electron chi connectivity index (χ3n) is 3.91. The van der Waals surface area contributed by atoms with E-state index in [0.29, 0.717) is 5.92 Å². The van der Waals surface area contributed by atoms with Crippen molar-refractivity contribution in [1.82, 2.24) is 10.2 Å². The summed E-state index contributed by atoms with van der Waals surface area (Å²) in [5, 5.41) is 3.40. The van der Waals surface area contributed by atoms with Gasteiger partial charge in [0, 0.05) is 6.04 Å². The monoisotopic (exact) mass is 268 g/mol. The predicted octanol–water partition coefficient (Wildman–Crippen LogP) is 2.96. The zero-order valence-corrected chi connectivity index (χ0v) is 11.6. The van der Waals surface area contributed by atoms with Crippen molar-refractivity contribution in [3.05, 3.63) is 35.4 Å². The van der Waals surface area contributed by atoms with Crippen LogP contribution < -0.4 is 5.32 Å². The molecule has 0 aromatic heterocycles. The average molecular weight is 268 g/mol. The van der Waals surface area contributed by atoms with Crippen LogP contribution in [0.5, 0.6) is 0 Å². The molecule has 1 saturated heterocycles. The van der Waals surface area contributed by atoms with Crippen molar-refractivity contribution < 1.29 is 8.78 Å². The molecule has 2 atom stereocenters. The second-order valence-corrected chi connectivity index (χ2v) is 5.60. The molecule has 2 rings (SSSR count). The number of benzene rings is 1. The Kier molecular flexibility index (Phi) is 4.88. The molecule has 1 N–H and O–H groups in total. The standard InChI is InChI=1S/C15H22F2N2/c1-19(2)15(8-11-4-3-7-18-10-11)12-5-6-13(16)14(17)9-12/h5-6,9,11,15,18H,3-4,7-8,10H2,1-2H3. The van der Waals surface area contributed by atoms with E-state index in [1.54, 1.807) is 6.07 Å². The molecule has 19 heavy (non-hydrogen) atoms. The molecule has 0 amide bonds. The lowest BCUT2D eigenvalue weighted by Gasteiger charge is -2.31. The Morgan fingerprint density at radius 2 is 2.11 bits per heavy atom. The quantitative estimate of drug-likeness (QED) is 0.903. The number of nitrogens with zero attached hydrogens (tertiary/aromatic N) is 1. The van der Waals surface area contributed by atoms with Gasteiger partial charge in [-0.05, 0) is 70.1 Å². The SMILES string of the molecule is CN(C)C(CC1CCCNC1)c1ccc(F)c(F)c1. The number of hydrogen-bond acceptors (Lipinski definition) is 2. The molecule has 4 heteroatoms. The third-order valence-corrected chi connectivity index (χ3v) is 3.91. The maximum Gasteiger partial charge on any atom is 0.159 e. The Bertz CT molecular complexity index is 415. The van der Waals surface area contributed by atoms with Gasteiger partial charge in [-0.2, -0.15) is 0 Å². The van der Waals surface area contributed by atoms with Crippen LogP contribution in [0, 0.1) is 17.6 Å². The molecule has 1 heterocycles. The van der Waals surface area contributed by atoms with Crippen LogP contribution >= 0.6 is 0 Å². The molecule has 1 fully saturated rings. The van der Waals surface area contributed by atoms with E-state index in [2.05, 4.69) is 10.2 Å². The molecule has 1 aromatic carbocycles. The second kappa shape index (κ2) is 6.44. The first kappa shape index (κ1) is 14.4. The van der Waals surface area contributed by atoms with Gasteiger partial charge in [0.25, 0.3) is 0 Å². The van der Waals surface area contributed by atoms with E-state index in [1.165, 1.54) is 25.0 Å². The lowest BCUT2D eigenvalue weighted by Crippen LogP contribution is -2.33. The zero-order chi connectivity index (χ0) is 13.8. The number of halogens is 2. The molecule has 1 aliphatic rings. The normalized spacial score (nSPS) is 21.6.